The van der Waals surface area contributed by atoms with Gasteiger partial charge in [-0.15, -0.1) is 0 Å². The summed E-state index contributed by atoms with van der Waals surface area (Å²) in [5, 5.41) is 0. The topological polar surface area (TPSA) is 40.6 Å². The first kappa shape index (κ1) is 15.2. The predicted octanol–water partition coefficient (Wildman–Crippen LogP) is 1.54. The first-order chi connectivity index (χ1) is 8.60. The number of amides is 1. The van der Waals surface area contributed by atoms with E-state index in [1.807, 2.05) is 4.90 Å². The monoisotopic (exact) mass is 254 g/mol. The minimum Gasteiger partial charge on any atom is -0.339 e. The third kappa shape index (κ3) is 4.09. The van der Waals surface area contributed by atoms with Gasteiger partial charge in [-0.05, 0) is 46.3 Å². The second kappa shape index (κ2) is 7.52. The van der Waals surface area contributed by atoms with E-state index in [1.165, 1.54) is 0 Å². The molecule has 0 radical (unpaired) electrons. The molecule has 104 valence electrons. The Morgan fingerprint density at radius 1 is 1.50 bits per heavy atom. The summed E-state index contributed by atoms with van der Waals surface area (Å²) in [7, 11) is 4.11. The fourth-order valence-electron chi connectivity index (χ4n) is 2.66. The summed E-state index contributed by atoms with van der Waals surface area (Å²) >= 11 is 0. The zero-order valence-electron chi connectivity index (χ0n) is 11.9. The van der Waals surface area contributed by atoms with Crippen molar-refractivity contribution in [3.63, 3.8) is 0 Å². The van der Waals surface area contributed by atoms with Crippen molar-refractivity contribution >= 4 is 12.2 Å². The van der Waals surface area contributed by atoms with Crippen molar-refractivity contribution in [2.75, 3.05) is 27.2 Å². The Balaban J connectivity index is 2.60. The predicted molar refractivity (Wildman–Crippen MR) is 72.4 cm³/mol. The van der Waals surface area contributed by atoms with Crippen LogP contribution in [-0.2, 0) is 9.59 Å². The molecule has 1 amide bonds. The summed E-state index contributed by atoms with van der Waals surface area (Å²) in [6, 6.07) is 0.328. The molecule has 0 spiro atoms. The van der Waals surface area contributed by atoms with Crippen LogP contribution in [0.3, 0.4) is 0 Å². The van der Waals surface area contributed by atoms with Crippen LogP contribution in [0.2, 0.25) is 0 Å². The Hall–Kier alpha value is -0.900. The Kier molecular flexibility index (Phi) is 6.33. The lowest BCUT2D eigenvalue weighted by atomic mass is 9.92. The molecule has 0 bridgehead atoms. The van der Waals surface area contributed by atoms with Crippen LogP contribution in [0, 0.1) is 5.92 Å². The van der Waals surface area contributed by atoms with E-state index in [0.29, 0.717) is 12.5 Å². The van der Waals surface area contributed by atoms with Crippen LogP contribution in [0.5, 0.6) is 0 Å². The van der Waals surface area contributed by atoms with E-state index < -0.39 is 0 Å². The number of rotatable bonds is 7. The highest BCUT2D eigenvalue weighted by Gasteiger charge is 2.31. The van der Waals surface area contributed by atoms with Crippen molar-refractivity contribution < 1.29 is 9.59 Å². The molecule has 4 nitrogen and oxygen atoms in total. The summed E-state index contributed by atoms with van der Waals surface area (Å²) in [5.41, 5.74) is 0. The average Bonchev–Trinajstić information content (AvgIpc) is 2.34. The summed E-state index contributed by atoms with van der Waals surface area (Å²) < 4.78 is 0. The molecule has 18 heavy (non-hydrogen) atoms. The number of hydrogen-bond acceptors (Lipinski definition) is 3. The molecule has 1 rings (SSSR count). The van der Waals surface area contributed by atoms with Crippen molar-refractivity contribution in [3.05, 3.63) is 0 Å². The molecule has 1 saturated heterocycles. The van der Waals surface area contributed by atoms with Gasteiger partial charge in [0.25, 0.3) is 0 Å². The fraction of sp³-hybridized carbons (Fsp3) is 0.857. The second-order valence-corrected chi connectivity index (χ2v) is 5.43. The van der Waals surface area contributed by atoms with Gasteiger partial charge >= 0.3 is 0 Å². The molecule has 0 aliphatic carbocycles. The molecule has 0 aromatic heterocycles. The van der Waals surface area contributed by atoms with Gasteiger partial charge in [-0.3, -0.25) is 4.79 Å². The van der Waals surface area contributed by atoms with E-state index in [0.717, 1.165) is 45.1 Å². The van der Waals surface area contributed by atoms with E-state index in [9.17, 15) is 9.59 Å². The maximum atomic E-state index is 12.3. The first-order valence-electron chi connectivity index (χ1n) is 6.99. The number of aldehydes is 1. The van der Waals surface area contributed by atoms with Gasteiger partial charge in [0.15, 0.2) is 0 Å². The van der Waals surface area contributed by atoms with E-state index >= 15 is 0 Å². The van der Waals surface area contributed by atoms with E-state index in [-0.39, 0.29) is 11.8 Å². The quantitative estimate of drug-likeness (QED) is 0.647. The largest absolute Gasteiger partial charge is 0.339 e. The Labute approximate surface area is 110 Å². The number of carbonyl (C=O) groups excluding carboxylic acids is 2. The molecular weight excluding hydrogens is 228 g/mol. The van der Waals surface area contributed by atoms with E-state index in [4.69, 9.17) is 0 Å². The standard InChI is InChI=1S/C14H26N2O2/c1-4-13(7-10-15(2)3)16-9-5-6-12(8-11-17)14(16)18/h11-13H,4-10H2,1-3H3. The molecule has 0 saturated carbocycles. The van der Waals surface area contributed by atoms with Gasteiger partial charge in [0.1, 0.15) is 6.29 Å². The van der Waals surface area contributed by atoms with Crippen LogP contribution < -0.4 is 0 Å². The van der Waals surface area contributed by atoms with Gasteiger partial charge in [-0.1, -0.05) is 6.92 Å². The minimum atomic E-state index is -0.0651. The van der Waals surface area contributed by atoms with Crippen molar-refractivity contribution in [2.24, 2.45) is 5.92 Å². The maximum absolute atomic E-state index is 12.3. The molecule has 4 heteroatoms. The molecule has 1 heterocycles. The van der Waals surface area contributed by atoms with E-state index in [1.54, 1.807) is 0 Å². The molecule has 1 aliphatic heterocycles. The average molecular weight is 254 g/mol. The number of hydrogen-bond donors (Lipinski definition) is 0. The zero-order valence-corrected chi connectivity index (χ0v) is 11.9. The summed E-state index contributed by atoms with van der Waals surface area (Å²) in [4.78, 5) is 27.1. The van der Waals surface area contributed by atoms with Crippen LogP contribution >= 0.6 is 0 Å². The molecule has 0 aromatic rings. The molecule has 1 fully saturated rings. The molecule has 2 atom stereocenters. The van der Waals surface area contributed by atoms with Crippen LogP contribution in [-0.4, -0.2) is 55.2 Å². The number of carbonyl (C=O) groups is 2. The van der Waals surface area contributed by atoms with Crippen LogP contribution in [0.15, 0.2) is 0 Å². The smallest absolute Gasteiger partial charge is 0.226 e. The van der Waals surface area contributed by atoms with Crippen LogP contribution in [0.4, 0.5) is 0 Å². The normalized spacial score (nSPS) is 22.3. The van der Waals surface area contributed by atoms with Gasteiger partial charge < -0.3 is 14.6 Å². The highest BCUT2D eigenvalue weighted by Crippen LogP contribution is 2.24. The van der Waals surface area contributed by atoms with Gasteiger partial charge in [0, 0.05) is 24.9 Å². The Morgan fingerprint density at radius 3 is 2.78 bits per heavy atom. The SMILES string of the molecule is CCC(CCN(C)C)N1CCCC(CC=O)C1=O. The van der Waals surface area contributed by atoms with Gasteiger partial charge in [0.05, 0.1) is 0 Å². The van der Waals surface area contributed by atoms with Crippen molar-refractivity contribution in [1.82, 2.24) is 9.80 Å². The van der Waals surface area contributed by atoms with E-state index in [2.05, 4.69) is 25.9 Å². The highest BCUT2D eigenvalue weighted by atomic mass is 16.2. The zero-order chi connectivity index (χ0) is 13.5. The Morgan fingerprint density at radius 2 is 2.22 bits per heavy atom. The van der Waals surface area contributed by atoms with Crippen LogP contribution in [0.25, 0.3) is 0 Å². The van der Waals surface area contributed by atoms with Gasteiger partial charge in [0.2, 0.25) is 5.91 Å². The molecule has 1 aliphatic rings. The van der Waals surface area contributed by atoms with Crippen LogP contribution in [0.1, 0.15) is 39.0 Å². The first-order valence-corrected chi connectivity index (χ1v) is 6.99. The second-order valence-electron chi connectivity index (χ2n) is 5.43. The third-order valence-electron chi connectivity index (χ3n) is 3.79. The Bertz CT molecular complexity index is 279. The molecular formula is C14H26N2O2. The number of nitrogens with zero attached hydrogens (tertiary/aromatic N) is 2. The summed E-state index contributed by atoms with van der Waals surface area (Å²) in [6.45, 7) is 4.00. The number of piperidine rings is 1. The lowest BCUT2D eigenvalue weighted by Crippen LogP contribution is -2.48. The van der Waals surface area contributed by atoms with Gasteiger partial charge in [-0.25, -0.2) is 0 Å². The molecule has 0 N–H and O–H groups in total. The number of likely N-dealkylation sites (tertiary alicyclic amines) is 1. The van der Waals surface area contributed by atoms with Crippen molar-refractivity contribution in [3.8, 4) is 0 Å². The summed E-state index contributed by atoms with van der Waals surface area (Å²) in [5.74, 6) is 0.128. The molecule has 2 unspecified atom stereocenters. The minimum absolute atomic E-state index is 0.0651. The summed E-state index contributed by atoms with van der Waals surface area (Å²) in [6.07, 6.45) is 5.18. The highest BCUT2D eigenvalue weighted by molar-refractivity contribution is 5.82. The lowest BCUT2D eigenvalue weighted by molar-refractivity contribution is -0.142. The maximum Gasteiger partial charge on any atom is 0.226 e. The van der Waals surface area contributed by atoms with Gasteiger partial charge in [-0.2, -0.15) is 0 Å². The van der Waals surface area contributed by atoms with Crippen molar-refractivity contribution in [1.29, 1.82) is 0 Å². The molecule has 0 aromatic carbocycles. The van der Waals surface area contributed by atoms with Crippen molar-refractivity contribution in [2.45, 2.75) is 45.1 Å². The fourth-order valence-corrected chi connectivity index (χ4v) is 2.66. The lowest BCUT2D eigenvalue weighted by Gasteiger charge is -2.38. The third-order valence-corrected chi connectivity index (χ3v) is 3.79.